The zero-order valence-electron chi connectivity index (χ0n) is 15.8. The third kappa shape index (κ3) is 2.97. The normalized spacial score (nSPS) is 18.6. The van der Waals surface area contributed by atoms with Crippen molar-refractivity contribution >= 4 is 22.4 Å². The molecule has 4 heterocycles. The minimum absolute atomic E-state index is 0.0396. The summed E-state index contributed by atoms with van der Waals surface area (Å²) in [5.41, 5.74) is 0.955. The molecule has 2 aliphatic heterocycles. The third-order valence-corrected chi connectivity index (χ3v) is 5.86. The van der Waals surface area contributed by atoms with Gasteiger partial charge in [-0.25, -0.2) is 4.98 Å². The number of aryl methyl sites for hydroxylation is 1. The summed E-state index contributed by atoms with van der Waals surface area (Å²) >= 11 is 0. The summed E-state index contributed by atoms with van der Waals surface area (Å²) in [6, 6.07) is 8.38. The van der Waals surface area contributed by atoms with Gasteiger partial charge in [0, 0.05) is 49.5 Å². The molecule has 3 aromatic rings. The number of hydrogen-bond donors (Lipinski definition) is 0. The standard InChI is InChI=1S/C20H19N7O2/c21-11-14-9-19(22-17-6-5-15(27(28)29)10-16(14)17)25-7-1-3-13(12-25)20-24-23-18-4-2-8-26(18)20/h5-6,9-10,13H,1-4,7-8,12H2. The largest absolute Gasteiger partial charge is 0.356 e. The van der Waals surface area contributed by atoms with Gasteiger partial charge in [0.15, 0.2) is 0 Å². The second kappa shape index (κ2) is 6.81. The van der Waals surface area contributed by atoms with Crippen molar-refractivity contribution in [3.63, 3.8) is 0 Å². The van der Waals surface area contributed by atoms with Crippen LogP contribution in [0.3, 0.4) is 0 Å². The van der Waals surface area contributed by atoms with E-state index >= 15 is 0 Å². The maximum Gasteiger partial charge on any atom is 0.270 e. The number of pyridine rings is 1. The highest BCUT2D eigenvalue weighted by molar-refractivity contribution is 5.88. The van der Waals surface area contributed by atoms with E-state index in [2.05, 4.69) is 25.7 Å². The summed E-state index contributed by atoms with van der Waals surface area (Å²) < 4.78 is 2.25. The molecular formula is C20H19N7O2. The van der Waals surface area contributed by atoms with Gasteiger partial charge in [0.05, 0.1) is 22.1 Å². The Hall–Kier alpha value is -3.54. The molecule has 1 unspecified atom stereocenters. The Morgan fingerprint density at radius 1 is 1.21 bits per heavy atom. The number of hydrogen-bond acceptors (Lipinski definition) is 7. The summed E-state index contributed by atoms with van der Waals surface area (Å²) in [6.45, 7) is 2.61. The lowest BCUT2D eigenvalue weighted by atomic mass is 9.97. The van der Waals surface area contributed by atoms with Crippen molar-refractivity contribution in [3.8, 4) is 6.07 Å². The molecule has 0 N–H and O–H groups in total. The van der Waals surface area contributed by atoms with Crippen molar-refractivity contribution in [1.29, 1.82) is 5.26 Å². The quantitative estimate of drug-likeness (QED) is 0.500. The Bertz CT molecular complexity index is 1160. The van der Waals surface area contributed by atoms with Crippen LogP contribution in [0.4, 0.5) is 11.5 Å². The molecule has 2 aromatic heterocycles. The molecule has 1 fully saturated rings. The van der Waals surface area contributed by atoms with Crippen LogP contribution in [-0.4, -0.2) is 37.8 Å². The molecule has 9 nitrogen and oxygen atoms in total. The molecule has 5 rings (SSSR count). The smallest absolute Gasteiger partial charge is 0.270 e. The first-order valence-electron chi connectivity index (χ1n) is 9.80. The van der Waals surface area contributed by atoms with Gasteiger partial charge in [0.25, 0.3) is 5.69 Å². The van der Waals surface area contributed by atoms with Crippen molar-refractivity contribution in [3.05, 3.63) is 51.6 Å². The van der Waals surface area contributed by atoms with Crippen LogP contribution < -0.4 is 4.90 Å². The highest BCUT2D eigenvalue weighted by Crippen LogP contribution is 2.32. The first-order chi connectivity index (χ1) is 14.1. The number of nitro groups is 1. The van der Waals surface area contributed by atoms with Crippen molar-refractivity contribution in [1.82, 2.24) is 19.7 Å². The van der Waals surface area contributed by atoms with Gasteiger partial charge in [-0.15, -0.1) is 10.2 Å². The number of nitro benzene ring substituents is 1. The van der Waals surface area contributed by atoms with E-state index in [1.54, 1.807) is 12.1 Å². The Labute approximate surface area is 166 Å². The Morgan fingerprint density at radius 3 is 2.93 bits per heavy atom. The molecule has 0 radical (unpaired) electrons. The summed E-state index contributed by atoms with van der Waals surface area (Å²) in [6.07, 6.45) is 4.18. The number of rotatable bonds is 3. The highest BCUT2D eigenvalue weighted by atomic mass is 16.6. The number of aromatic nitrogens is 4. The van der Waals surface area contributed by atoms with E-state index in [4.69, 9.17) is 4.98 Å². The maximum atomic E-state index is 11.1. The van der Waals surface area contributed by atoms with E-state index in [1.165, 1.54) is 12.1 Å². The van der Waals surface area contributed by atoms with Crippen molar-refractivity contribution < 1.29 is 4.92 Å². The molecule has 1 aromatic carbocycles. The first kappa shape index (κ1) is 17.6. The third-order valence-electron chi connectivity index (χ3n) is 5.86. The fraction of sp³-hybridized carbons (Fsp3) is 0.400. The fourth-order valence-corrected chi connectivity index (χ4v) is 4.44. The second-order valence-electron chi connectivity index (χ2n) is 7.61. The molecule has 146 valence electrons. The SMILES string of the molecule is N#Cc1cc(N2CCCC(c3nnc4n3CCC4)C2)nc2ccc([N+](=O)[O-])cc12. The predicted molar refractivity (Wildman–Crippen MR) is 106 cm³/mol. The number of nitriles is 1. The molecule has 0 aliphatic carbocycles. The van der Waals surface area contributed by atoms with Crippen LogP contribution in [0.2, 0.25) is 0 Å². The summed E-state index contributed by atoms with van der Waals surface area (Å²) in [4.78, 5) is 17.5. The van der Waals surface area contributed by atoms with Crippen LogP contribution in [0.25, 0.3) is 10.9 Å². The van der Waals surface area contributed by atoms with Crippen LogP contribution in [0.5, 0.6) is 0 Å². The average molecular weight is 389 g/mol. The Morgan fingerprint density at radius 2 is 2.10 bits per heavy atom. The average Bonchev–Trinajstić information content (AvgIpc) is 3.36. The van der Waals surface area contributed by atoms with E-state index in [9.17, 15) is 15.4 Å². The molecular weight excluding hydrogens is 370 g/mol. The number of anilines is 1. The lowest BCUT2D eigenvalue weighted by Gasteiger charge is -2.33. The molecule has 1 saturated heterocycles. The van der Waals surface area contributed by atoms with Gasteiger partial charge in [0.2, 0.25) is 0 Å². The molecule has 0 amide bonds. The maximum absolute atomic E-state index is 11.1. The number of non-ortho nitro benzene ring substituents is 1. The Kier molecular flexibility index (Phi) is 4.12. The van der Waals surface area contributed by atoms with Gasteiger partial charge in [0.1, 0.15) is 17.5 Å². The molecule has 1 atom stereocenters. The number of piperidine rings is 1. The highest BCUT2D eigenvalue weighted by Gasteiger charge is 2.29. The second-order valence-corrected chi connectivity index (χ2v) is 7.61. The van der Waals surface area contributed by atoms with E-state index < -0.39 is 4.92 Å². The van der Waals surface area contributed by atoms with Gasteiger partial charge in [-0.1, -0.05) is 0 Å². The zero-order valence-corrected chi connectivity index (χ0v) is 15.8. The molecule has 0 saturated carbocycles. The first-order valence-corrected chi connectivity index (χ1v) is 9.80. The minimum Gasteiger partial charge on any atom is -0.356 e. The molecule has 9 heteroatoms. The van der Waals surface area contributed by atoms with Crippen LogP contribution >= 0.6 is 0 Å². The van der Waals surface area contributed by atoms with E-state index in [1.807, 2.05) is 0 Å². The lowest BCUT2D eigenvalue weighted by Crippen LogP contribution is -2.36. The number of nitrogens with zero attached hydrogens (tertiary/aromatic N) is 7. The van der Waals surface area contributed by atoms with Crippen LogP contribution in [0.1, 0.15) is 42.4 Å². The van der Waals surface area contributed by atoms with E-state index in [0.717, 1.165) is 62.8 Å². The van der Waals surface area contributed by atoms with Crippen molar-refractivity contribution in [2.75, 3.05) is 18.0 Å². The van der Waals surface area contributed by atoms with Crippen LogP contribution in [0.15, 0.2) is 24.3 Å². The number of benzene rings is 1. The summed E-state index contributed by atoms with van der Waals surface area (Å²) in [5.74, 6) is 3.14. The zero-order chi connectivity index (χ0) is 20.0. The van der Waals surface area contributed by atoms with Crippen LogP contribution in [-0.2, 0) is 13.0 Å². The molecule has 29 heavy (non-hydrogen) atoms. The van der Waals surface area contributed by atoms with Crippen LogP contribution in [0, 0.1) is 21.4 Å². The summed E-state index contributed by atoms with van der Waals surface area (Å²) in [5, 5.41) is 30.0. The molecule has 0 spiro atoms. The monoisotopic (exact) mass is 389 g/mol. The van der Waals surface area contributed by atoms with Gasteiger partial charge >= 0.3 is 0 Å². The van der Waals surface area contributed by atoms with E-state index in [-0.39, 0.29) is 11.6 Å². The summed E-state index contributed by atoms with van der Waals surface area (Å²) in [7, 11) is 0. The van der Waals surface area contributed by atoms with Crippen molar-refractivity contribution in [2.45, 2.75) is 38.1 Å². The van der Waals surface area contributed by atoms with Gasteiger partial charge < -0.3 is 9.47 Å². The lowest BCUT2D eigenvalue weighted by molar-refractivity contribution is -0.384. The van der Waals surface area contributed by atoms with Gasteiger partial charge in [-0.3, -0.25) is 10.1 Å². The number of fused-ring (bicyclic) bond motifs is 2. The predicted octanol–water partition coefficient (Wildman–Crippen LogP) is 2.94. The molecule has 0 bridgehead atoms. The van der Waals surface area contributed by atoms with Gasteiger partial charge in [-0.2, -0.15) is 5.26 Å². The minimum atomic E-state index is -0.458. The Balaban J connectivity index is 1.49. The van der Waals surface area contributed by atoms with Crippen molar-refractivity contribution in [2.24, 2.45) is 0 Å². The molecule has 2 aliphatic rings. The van der Waals surface area contributed by atoms with Gasteiger partial charge in [-0.05, 0) is 31.4 Å². The topological polar surface area (TPSA) is 114 Å². The fourth-order valence-electron chi connectivity index (χ4n) is 4.44. The van der Waals surface area contributed by atoms with E-state index in [0.29, 0.717) is 16.5 Å².